The second-order valence-corrected chi connectivity index (χ2v) is 5.59. The summed E-state index contributed by atoms with van der Waals surface area (Å²) in [6.45, 7) is 1.53. The number of benzene rings is 2. The first-order chi connectivity index (χ1) is 12.8. The summed E-state index contributed by atoms with van der Waals surface area (Å²) >= 11 is 0. The first-order valence-corrected chi connectivity index (χ1v) is 7.84. The minimum atomic E-state index is -4.42. The van der Waals surface area contributed by atoms with Crippen molar-refractivity contribution < 1.29 is 27.1 Å². The zero-order chi connectivity index (χ0) is 19.4. The predicted molar refractivity (Wildman–Crippen MR) is 89.9 cm³/mol. The molecule has 9 heteroatoms. The number of nitrogens with one attached hydrogen (secondary N) is 1. The van der Waals surface area contributed by atoms with E-state index in [4.69, 9.17) is 9.15 Å². The molecule has 0 bridgehead atoms. The van der Waals surface area contributed by atoms with E-state index in [1.807, 2.05) is 0 Å². The van der Waals surface area contributed by atoms with Crippen LogP contribution in [-0.2, 0) is 11.0 Å². The molecule has 27 heavy (non-hydrogen) atoms. The first-order valence-electron chi connectivity index (χ1n) is 7.84. The number of hydrogen-bond acceptors (Lipinski definition) is 5. The van der Waals surface area contributed by atoms with Gasteiger partial charge in [0.05, 0.1) is 5.56 Å². The van der Waals surface area contributed by atoms with Crippen LogP contribution in [0.25, 0.3) is 11.5 Å². The maximum absolute atomic E-state index is 12.6. The molecule has 0 spiro atoms. The lowest BCUT2D eigenvalue weighted by molar-refractivity contribution is -0.137. The lowest BCUT2D eigenvalue weighted by Gasteiger charge is -2.15. The van der Waals surface area contributed by atoms with Crippen molar-refractivity contribution in [2.75, 3.05) is 5.32 Å². The summed E-state index contributed by atoms with van der Waals surface area (Å²) in [6.07, 6.45) is -4.07. The number of carbonyl (C=O) groups excluding carboxylic acids is 1. The van der Waals surface area contributed by atoms with E-state index in [0.717, 1.165) is 12.1 Å². The average molecular weight is 377 g/mol. The summed E-state index contributed by atoms with van der Waals surface area (Å²) in [6, 6.07) is 10.9. The zero-order valence-electron chi connectivity index (χ0n) is 14.0. The van der Waals surface area contributed by atoms with Crippen LogP contribution < -0.4 is 10.1 Å². The molecule has 0 aliphatic rings. The molecule has 0 aliphatic heterocycles. The van der Waals surface area contributed by atoms with Crippen LogP contribution in [-0.4, -0.2) is 22.2 Å². The van der Waals surface area contributed by atoms with Crippen LogP contribution in [0.5, 0.6) is 5.75 Å². The third kappa shape index (κ3) is 4.63. The molecule has 1 aromatic heterocycles. The minimum Gasteiger partial charge on any atom is -0.481 e. The van der Waals surface area contributed by atoms with Crippen molar-refractivity contribution in [1.29, 1.82) is 0 Å². The monoisotopic (exact) mass is 377 g/mol. The van der Waals surface area contributed by atoms with Crippen molar-refractivity contribution in [1.82, 2.24) is 10.2 Å². The van der Waals surface area contributed by atoms with Gasteiger partial charge in [-0.25, -0.2) is 0 Å². The Hall–Kier alpha value is -3.36. The van der Waals surface area contributed by atoms with Crippen molar-refractivity contribution in [3.05, 3.63) is 60.5 Å². The molecule has 6 nitrogen and oxygen atoms in total. The van der Waals surface area contributed by atoms with Crippen LogP contribution in [0.4, 0.5) is 18.9 Å². The Balaban J connectivity index is 1.59. The number of halogens is 3. The van der Waals surface area contributed by atoms with E-state index in [1.165, 1.54) is 25.5 Å². The van der Waals surface area contributed by atoms with Crippen LogP contribution in [0.2, 0.25) is 0 Å². The van der Waals surface area contributed by atoms with Crippen molar-refractivity contribution in [3.8, 4) is 17.2 Å². The number of aromatic nitrogens is 2. The molecule has 1 heterocycles. The second kappa shape index (κ2) is 7.48. The van der Waals surface area contributed by atoms with E-state index in [1.54, 1.807) is 24.3 Å². The number of ether oxygens (including phenoxy) is 1. The van der Waals surface area contributed by atoms with E-state index >= 15 is 0 Å². The Bertz CT molecular complexity index is 892. The minimum absolute atomic E-state index is 0.246. The predicted octanol–water partition coefficient (Wildman–Crippen LogP) is 4.16. The van der Waals surface area contributed by atoms with E-state index in [-0.39, 0.29) is 5.69 Å². The average Bonchev–Trinajstić information content (AvgIpc) is 3.16. The summed E-state index contributed by atoms with van der Waals surface area (Å²) in [5.74, 6) is 0.304. The molecule has 2 aromatic carbocycles. The fourth-order valence-electron chi connectivity index (χ4n) is 2.22. The molecule has 3 rings (SSSR count). The molecule has 0 fully saturated rings. The molecular weight excluding hydrogens is 363 g/mol. The number of hydrogen-bond donors (Lipinski definition) is 1. The third-order valence-electron chi connectivity index (χ3n) is 3.62. The molecule has 1 atom stereocenters. The molecular formula is C18H14F3N3O3. The SMILES string of the molecule is C[C@@H](Oc1ccc(-c2nnco2)cc1)C(=O)Nc1ccc(C(F)(F)F)cc1. The summed E-state index contributed by atoms with van der Waals surface area (Å²) in [5.41, 5.74) is 0.156. The highest BCUT2D eigenvalue weighted by molar-refractivity contribution is 5.94. The molecule has 0 radical (unpaired) electrons. The van der Waals surface area contributed by atoms with E-state index in [2.05, 4.69) is 15.5 Å². The van der Waals surface area contributed by atoms with Crippen molar-refractivity contribution in [2.24, 2.45) is 0 Å². The molecule has 1 amide bonds. The lowest BCUT2D eigenvalue weighted by Crippen LogP contribution is -2.30. The Kier molecular flexibility index (Phi) is 5.11. The maximum atomic E-state index is 12.6. The Labute approximate surface area is 152 Å². The Morgan fingerprint density at radius 1 is 1.11 bits per heavy atom. The zero-order valence-corrected chi connectivity index (χ0v) is 14.0. The van der Waals surface area contributed by atoms with Gasteiger partial charge < -0.3 is 14.5 Å². The summed E-state index contributed by atoms with van der Waals surface area (Å²) in [4.78, 5) is 12.2. The molecule has 3 aromatic rings. The number of alkyl halides is 3. The van der Waals surface area contributed by atoms with Crippen LogP contribution in [0.3, 0.4) is 0 Å². The quantitative estimate of drug-likeness (QED) is 0.722. The van der Waals surface area contributed by atoms with Crippen LogP contribution in [0.1, 0.15) is 12.5 Å². The number of carbonyl (C=O) groups is 1. The maximum Gasteiger partial charge on any atom is 0.416 e. The summed E-state index contributed by atoms with van der Waals surface area (Å²) in [5, 5.41) is 9.88. The van der Waals surface area contributed by atoms with Crippen molar-refractivity contribution in [3.63, 3.8) is 0 Å². The standard InChI is InChI=1S/C18H14F3N3O3/c1-11(16(25)23-14-6-4-13(5-7-14)18(19,20)21)27-15-8-2-12(3-9-15)17-24-22-10-26-17/h2-11H,1H3,(H,23,25)/t11-/m1/s1. The highest BCUT2D eigenvalue weighted by Gasteiger charge is 2.30. The van der Waals surface area contributed by atoms with Crippen molar-refractivity contribution >= 4 is 11.6 Å². The normalized spacial score (nSPS) is 12.4. The van der Waals surface area contributed by atoms with Gasteiger partial charge in [-0.1, -0.05) is 0 Å². The molecule has 0 saturated carbocycles. The van der Waals surface area contributed by atoms with Crippen molar-refractivity contribution in [2.45, 2.75) is 19.2 Å². The van der Waals surface area contributed by atoms with Gasteiger partial charge in [-0.2, -0.15) is 13.2 Å². The van der Waals surface area contributed by atoms with Gasteiger partial charge in [-0.3, -0.25) is 4.79 Å². The fraction of sp³-hybridized carbons (Fsp3) is 0.167. The molecule has 0 unspecified atom stereocenters. The summed E-state index contributed by atoms with van der Waals surface area (Å²) < 4.78 is 48.3. The van der Waals surface area contributed by atoms with Gasteiger partial charge in [-0.05, 0) is 55.5 Å². The molecule has 0 aliphatic carbocycles. The van der Waals surface area contributed by atoms with E-state index in [0.29, 0.717) is 17.2 Å². The van der Waals surface area contributed by atoms with Crippen LogP contribution >= 0.6 is 0 Å². The van der Waals surface area contributed by atoms with Gasteiger partial charge in [-0.15, -0.1) is 10.2 Å². The third-order valence-corrected chi connectivity index (χ3v) is 3.62. The first kappa shape index (κ1) is 18.4. The number of rotatable bonds is 5. The lowest BCUT2D eigenvalue weighted by atomic mass is 10.2. The van der Waals surface area contributed by atoms with Gasteiger partial charge in [0.2, 0.25) is 12.3 Å². The van der Waals surface area contributed by atoms with Gasteiger partial charge in [0.15, 0.2) is 6.10 Å². The number of anilines is 1. The van der Waals surface area contributed by atoms with E-state index < -0.39 is 23.8 Å². The fourth-order valence-corrected chi connectivity index (χ4v) is 2.22. The van der Waals surface area contributed by atoms with E-state index in [9.17, 15) is 18.0 Å². The number of amides is 1. The molecule has 0 saturated heterocycles. The van der Waals surface area contributed by atoms with Crippen LogP contribution in [0.15, 0.2) is 59.3 Å². The Morgan fingerprint density at radius 3 is 2.33 bits per heavy atom. The topological polar surface area (TPSA) is 77.2 Å². The van der Waals surface area contributed by atoms with Gasteiger partial charge in [0.1, 0.15) is 5.75 Å². The summed E-state index contributed by atoms with van der Waals surface area (Å²) in [7, 11) is 0. The number of nitrogens with zero attached hydrogens (tertiary/aromatic N) is 2. The Morgan fingerprint density at radius 2 is 1.78 bits per heavy atom. The van der Waals surface area contributed by atoms with Gasteiger partial charge in [0.25, 0.3) is 5.91 Å². The highest BCUT2D eigenvalue weighted by atomic mass is 19.4. The highest BCUT2D eigenvalue weighted by Crippen LogP contribution is 2.30. The smallest absolute Gasteiger partial charge is 0.416 e. The second-order valence-electron chi connectivity index (χ2n) is 5.59. The molecule has 140 valence electrons. The van der Waals surface area contributed by atoms with Crippen LogP contribution in [0, 0.1) is 0 Å². The largest absolute Gasteiger partial charge is 0.481 e. The van der Waals surface area contributed by atoms with Gasteiger partial charge in [0, 0.05) is 11.3 Å². The molecule has 1 N–H and O–H groups in total. The van der Waals surface area contributed by atoms with Gasteiger partial charge >= 0.3 is 6.18 Å².